The van der Waals surface area contributed by atoms with Crippen molar-refractivity contribution < 1.29 is 9.90 Å². The first kappa shape index (κ1) is 16.0. The fourth-order valence-corrected chi connectivity index (χ4v) is 3.19. The van der Waals surface area contributed by atoms with Crippen molar-refractivity contribution in [1.82, 2.24) is 5.32 Å². The molecule has 1 aliphatic carbocycles. The van der Waals surface area contributed by atoms with Crippen LogP contribution in [-0.2, 0) is 4.79 Å². The average molecular weight is 289 g/mol. The van der Waals surface area contributed by atoms with Gasteiger partial charge in [-0.3, -0.25) is 4.79 Å². The summed E-state index contributed by atoms with van der Waals surface area (Å²) >= 11 is 0. The number of benzene rings is 1. The second-order valence-corrected chi connectivity index (χ2v) is 6.24. The van der Waals surface area contributed by atoms with Gasteiger partial charge >= 0.3 is 0 Å². The molecule has 1 aromatic carbocycles. The smallest absolute Gasteiger partial charge is 0.228 e. The third kappa shape index (κ3) is 4.07. The third-order valence-corrected chi connectivity index (χ3v) is 4.71. The molecule has 116 valence electrons. The lowest BCUT2D eigenvalue weighted by molar-refractivity contribution is -0.125. The summed E-state index contributed by atoms with van der Waals surface area (Å²) in [6.07, 6.45) is 4.39. The summed E-state index contributed by atoms with van der Waals surface area (Å²) in [6, 6.07) is 9.89. The normalized spacial score (nSPS) is 25.1. The summed E-state index contributed by atoms with van der Waals surface area (Å²) in [7, 11) is 0. The first-order chi connectivity index (χ1) is 10.1. The monoisotopic (exact) mass is 289 g/mol. The number of aliphatic hydroxyl groups is 1. The van der Waals surface area contributed by atoms with Crippen LogP contribution in [0.3, 0.4) is 0 Å². The summed E-state index contributed by atoms with van der Waals surface area (Å²) in [5, 5.41) is 13.1. The topological polar surface area (TPSA) is 49.3 Å². The van der Waals surface area contributed by atoms with Crippen LogP contribution in [0.15, 0.2) is 30.3 Å². The summed E-state index contributed by atoms with van der Waals surface area (Å²) in [6.45, 7) is 4.23. The number of aliphatic hydroxyl groups excluding tert-OH is 1. The standard InChI is InChI=1S/C18H27NO2/c1-3-13(2)17(14-9-5-4-6-10-14)18(21)19-15-11-7-8-12-16(15)20/h4-6,9-10,13,15-17,20H,3,7-8,11-12H2,1-2H3,(H,19,21). The quantitative estimate of drug-likeness (QED) is 0.874. The van der Waals surface area contributed by atoms with E-state index < -0.39 is 6.10 Å². The van der Waals surface area contributed by atoms with E-state index in [1.165, 1.54) is 0 Å². The molecule has 0 spiro atoms. The minimum Gasteiger partial charge on any atom is -0.391 e. The van der Waals surface area contributed by atoms with Crippen molar-refractivity contribution in [2.45, 2.75) is 64.0 Å². The zero-order valence-electron chi connectivity index (χ0n) is 13.1. The number of amides is 1. The summed E-state index contributed by atoms with van der Waals surface area (Å²) < 4.78 is 0. The molecule has 4 unspecified atom stereocenters. The van der Waals surface area contributed by atoms with E-state index in [2.05, 4.69) is 19.2 Å². The molecular weight excluding hydrogens is 262 g/mol. The lowest BCUT2D eigenvalue weighted by atomic mass is 9.84. The Morgan fingerprint density at radius 2 is 1.95 bits per heavy atom. The molecule has 1 aliphatic rings. The van der Waals surface area contributed by atoms with Crippen LogP contribution in [0.4, 0.5) is 0 Å². The Bertz CT molecular complexity index is 446. The predicted molar refractivity (Wildman–Crippen MR) is 85.0 cm³/mol. The molecule has 0 saturated heterocycles. The number of carbonyl (C=O) groups is 1. The van der Waals surface area contributed by atoms with Crippen LogP contribution in [0.2, 0.25) is 0 Å². The number of nitrogens with one attached hydrogen (secondary N) is 1. The zero-order chi connectivity index (χ0) is 15.2. The van der Waals surface area contributed by atoms with Crippen molar-refractivity contribution in [3.63, 3.8) is 0 Å². The third-order valence-electron chi connectivity index (χ3n) is 4.71. The molecule has 0 radical (unpaired) electrons. The molecule has 2 rings (SSSR count). The van der Waals surface area contributed by atoms with Gasteiger partial charge in [0.2, 0.25) is 5.91 Å². The highest BCUT2D eigenvalue weighted by Crippen LogP contribution is 2.28. The van der Waals surface area contributed by atoms with Crippen LogP contribution in [-0.4, -0.2) is 23.2 Å². The van der Waals surface area contributed by atoms with E-state index in [1.54, 1.807) is 0 Å². The second-order valence-electron chi connectivity index (χ2n) is 6.24. The molecule has 1 amide bonds. The molecule has 0 aromatic heterocycles. The van der Waals surface area contributed by atoms with Crippen LogP contribution in [0.5, 0.6) is 0 Å². The van der Waals surface area contributed by atoms with Crippen molar-refractivity contribution >= 4 is 5.91 Å². The van der Waals surface area contributed by atoms with Crippen LogP contribution in [0.25, 0.3) is 0 Å². The first-order valence-electron chi connectivity index (χ1n) is 8.16. The van der Waals surface area contributed by atoms with Gasteiger partial charge in [-0.2, -0.15) is 0 Å². The van der Waals surface area contributed by atoms with Gasteiger partial charge in [0.1, 0.15) is 0 Å². The van der Waals surface area contributed by atoms with E-state index >= 15 is 0 Å². The van der Waals surface area contributed by atoms with Crippen molar-refractivity contribution in [3.8, 4) is 0 Å². The highest BCUT2D eigenvalue weighted by molar-refractivity contribution is 5.84. The Morgan fingerprint density at radius 1 is 1.29 bits per heavy atom. The van der Waals surface area contributed by atoms with Crippen LogP contribution < -0.4 is 5.32 Å². The van der Waals surface area contributed by atoms with Gasteiger partial charge in [0.25, 0.3) is 0 Å². The van der Waals surface area contributed by atoms with Crippen molar-refractivity contribution in [3.05, 3.63) is 35.9 Å². The molecule has 2 N–H and O–H groups in total. The van der Waals surface area contributed by atoms with Gasteiger partial charge in [0.05, 0.1) is 18.1 Å². The van der Waals surface area contributed by atoms with Gasteiger partial charge in [-0.05, 0) is 24.3 Å². The van der Waals surface area contributed by atoms with Crippen LogP contribution in [0.1, 0.15) is 57.4 Å². The largest absolute Gasteiger partial charge is 0.391 e. The number of hydrogen-bond acceptors (Lipinski definition) is 2. The van der Waals surface area contributed by atoms with E-state index in [1.807, 2.05) is 30.3 Å². The summed E-state index contributed by atoms with van der Waals surface area (Å²) in [5.41, 5.74) is 1.06. The highest BCUT2D eigenvalue weighted by atomic mass is 16.3. The minimum absolute atomic E-state index is 0.0569. The molecule has 1 saturated carbocycles. The van der Waals surface area contributed by atoms with E-state index in [0.29, 0.717) is 0 Å². The predicted octanol–water partition coefficient (Wildman–Crippen LogP) is 3.24. The van der Waals surface area contributed by atoms with Crippen molar-refractivity contribution in [2.75, 3.05) is 0 Å². The molecule has 1 aromatic rings. The van der Waals surface area contributed by atoms with Gasteiger partial charge < -0.3 is 10.4 Å². The summed E-state index contributed by atoms with van der Waals surface area (Å²) in [5.74, 6) is 0.208. The summed E-state index contributed by atoms with van der Waals surface area (Å²) in [4.78, 5) is 12.7. The second kappa shape index (κ2) is 7.60. The lowest BCUT2D eigenvalue weighted by Gasteiger charge is -2.31. The Kier molecular flexibility index (Phi) is 5.80. The Hall–Kier alpha value is -1.35. The molecule has 0 heterocycles. The molecule has 0 aliphatic heterocycles. The molecule has 3 heteroatoms. The van der Waals surface area contributed by atoms with Gasteiger partial charge in [-0.15, -0.1) is 0 Å². The maximum absolute atomic E-state index is 12.7. The lowest BCUT2D eigenvalue weighted by Crippen LogP contribution is -2.47. The van der Waals surface area contributed by atoms with E-state index in [9.17, 15) is 9.90 Å². The first-order valence-corrected chi connectivity index (χ1v) is 8.16. The van der Waals surface area contributed by atoms with Crippen molar-refractivity contribution in [1.29, 1.82) is 0 Å². The zero-order valence-corrected chi connectivity index (χ0v) is 13.1. The fraction of sp³-hybridized carbons (Fsp3) is 0.611. The Morgan fingerprint density at radius 3 is 2.57 bits per heavy atom. The number of hydrogen-bond donors (Lipinski definition) is 2. The molecular formula is C18H27NO2. The fourth-order valence-electron chi connectivity index (χ4n) is 3.19. The SMILES string of the molecule is CCC(C)C(C(=O)NC1CCCCC1O)c1ccccc1. The molecule has 0 bridgehead atoms. The van der Waals surface area contributed by atoms with Gasteiger partial charge in [-0.25, -0.2) is 0 Å². The van der Waals surface area contributed by atoms with E-state index in [0.717, 1.165) is 37.7 Å². The average Bonchev–Trinajstić information content (AvgIpc) is 2.50. The van der Waals surface area contributed by atoms with E-state index in [-0.39, 0.29) is 23.8 Å². The van der Waals surface area contributed by atoms with Gasteiger partial charge in [0, 0.05) is 0 Å². The maximum atomic E-state index is 12.7. The number of rotatable bonds is 5. The highest BCUT2D eigenvalue weighted by Gasteiger charge is 2.30. The molecule has 4 atom stereocenters. The van der Waals surface area contributed by atoms with Gasteiger partial charge in [0.15, 0.2) is 0 Å². The number of carbonyl (C=O) groups excluding carboxylic acids is 1. The molecule has 21 heavy (non-hydrogen) atoms. The van der Waals surface area contributed by atoms with Crippen LogP contribution >= 0.6 is 0 Å². The molecule has 1 fully saturated rings. The van der Waals surface area contributed by atoms with E-state index in [4.69, 9.17) is 0 Å². The van der Waals surface area contributed by atoms with Crippen LogP contribution in [0, 0.1) is 5.92 Å². The Balaban J connectivity index is 2.11. The molecule has 3 nitrogen and oxygen atoms in total. The van der Waals surface area contributed by atoms with Gasteiger partial charge in [-0.1, -0.05) is 63.4 Å². The maximum Gasteiger partial charge on any atom is 0.228 e. The Labute approximate surface area is 127 Å². The minimum atomic E-state index is -0.393. The van der Waals surface area contributed by atoms with Crippen molar-refractivity contribution in [2.24, 2.45) is 5.92 Å².